The van der Waals surface area contributed by atoms with Crippen LogP contribution >= 0.6 is 0 Å². The van der Waals surface area contributed by atoms with Gasteiger partial charge in [0, 0.05) is 6.54 Å². The average Bonchev–Trinajstić information content (AvgIpc) is 2.78. The molecule has 1 heterocycles. The summed E-state index contributed by atoms with van der Waals surface area (Å²) >= 11 is 0. The van der Waals surface area contributed by atoms with Crippen LogP contribution in [0.25, 0.3) is 0 Å². The van der Waals surface area contributed by atoms with Crippen molar-refractivity contribution >= 4 is 6.09 Å². The molecular formula is C17H24FNO2. The Labute approximate surface area is 125 Å². The number of carbonyl (C=O) groups is 1. The standard InChI is InChI=1S/C17H24FNO2/c1-12-6-7-13(10-14(12)18)11-17(16(2,3)4)8-5-9-19(17)15(20)21/h6-7,10H,5,8-9,11H2,1-4H3,(H,20,21)/t17-/m0/s1. The molecule has 0 unspecified atom stereocenters. The topological polar surface area (TPSA) is 40.5 Å². The summed E-state index contributed by atoms with van der Waals surface area (Å²) < 4.78 is 13.8. The summed E-state index contributed by atoms with van der Waals surface area (Å²) in [4.78, 5) is 13.2. The number of hydrogen-bond acceptors (Lipinski definition) is 1. The summed E-state index contributed by atoms with van der Waals surface area (Å²) in [5.74, 6) is -0.226. The van der Waals surface area contributed by atoms with Gasteiger partial charge in [0.15, 0.2) is 0 Å². The lowest BCUT2D eigenvalue weighted by Gasteiger charge is -2.47. The van der Waals surface area contributed by atoms with Crippen molar-refractivity contribution < 1.29 is 14.3 Å². The van der Waals surface area contributed by atoms with Crippen molar-refractivity contribution in [2.24, 2.45) is 5.41 Å². The molecule has 0 aliphatic carbocycles. The molecule has 4 heteroatoms. The Balaban J connectivity index is 2.42. The molecule has 116 valence electrons. The molecule has 0 radical (unpaired) electrons. The predicted molar refractivity (Wildman–Crippen MR) is 81.0 cm³/mol. The zero-order valence-corrected chi connectivity index (χ0v) is 13.2. The first kappa shape index (κ1) is 15.8. The van der Waals surface area contributed by atoms with Gasteiger partial charge in [-0.2, -0.15) is 0 Å². The third-order valence-corrected chi connectivity index (χ3v) is 4.85. The van der Waals surface area contributed by atoms with E-state index in [2.05, 4.69) is 20.8 Å². The second kappa shape index (κ2) is 5.32. The Morgan fingerprint density at radius 2 is 2.10 bits per heavy atom. The highest BCUT2D eigenvalue weighted by Gasteiger charge is 2.51. The molecule has 1 aromatic carbocycles. The summed E-state index contributed by atoms with van der Waals surface area (Å²) in [5, 5.41) is 9.54. The number of aryl methyl sites for hydroxylation is 1. The molecule has 0 saturated carbocycles. The second-order valence-electron chi connectivity index (χ2n) is 7.08. The van der Waals surface area contributed by atoms with Gasteiger partial charge in [0.1, 0.15) is 5.82 Å². The summed E-state index contributed by atoms with van der Waals surface area (Å²) in [6.07, 6.45) is 1.35. The number of likely N-dealkylation sites (tertiary alicyclic amines) is 1. The van der Waals surface area contributed by atoms with Crippen LogP contribution in [0.5, 0.6) is 0 Å². The zero-order chi connectivity index (χ0) is 15.8. The van der Waals surface area contributed by atoms with E-state index in [4.69, 9.17) is 0 Å². The van der Waals surface area contributed by atoms with Crippen molar-refractivity contribution in [3.63, 3.8) is 0 Å². The van der Waals surface area contributed by atoms with Crippen LogP contribution in [0, 0.1) is 18.2 Å². The van der Waals surface area contributed by atoms with Crippen LogP contribution in [0.4, 0.5) is 9.18 Å². The minimum Gasteiger partial charge on any atom is -0.465 e. The highest BCUT2D eigenvalue weighted by Crippen LogP contribution is 2.46. The molecule has 2 rings (SSSR count). The largest absolute Gasteiger partial charge is 0.465 e. The molecule has 1 fully saturated rings. The number of amides is 1. The number of benzene rings is 1. The fourth-order valence-electron chi connectivity index (χ4n) is 3.47. The van der Waals surface area contributed by atoms with Crippen LogP contribution in [0.15, 0.2) is 18.2 Å². The van der Waals surface area contributed by atoms with Crippen molar-refractivity contribution in [1.82, 2.24) is 4.90 Å². The molecule has 1 aliphatic rings. The van der Waals surface area contributed by atoms with Gasteiger partial charge in [-0.15, -0.1) is 0 Å². The fraction of sp³-hybridized carbons (Fsp3) is 0.588. The lowest BCUT2D eigenvalue weighted by atomic mass is 9.68. The molecule has 1 amide bonds. The van der Waals surface area contributed by atoms with Crippen LogP contribution in [-0.2, 0) is 6.42 Å². The highest BCUT2D eigenvalue weighted by atomic mass is 19.1. The molecule has 1 aromatic rings. The Morgan fingerprint density at radius 3 is 2.62 bits per heavy atom. The van der Waals surface area contributed by atoms with Crippen LogP contribution in [-0.4, -0.2) is 28.2 Å². The van der Waals surface area contributed by atoms with Crippen LogP contribution in [0.2, 0.25) is 0 Å². The molecule has 3 nitrogen and oxygen atoms in total. The quantitative estimate of drug-likeness (QED) is 0.886. The lowest BCUT2D eigenvalue weighted by Crippen LogP contribution is -2.56. The maximum absolute atomic E-state index is 13.8. The summed E-state index contributed by atoms with van der Waals surface area (Å²) in [6, 6.07) is 5.21. The van der Waals surface area contributed by atoms with E-state index >= 15 is 0 Å². The van der Waals surface area contributed by atoms with Gasteiger partial charge in [-0.3, -0.25) is 0 Å². The Bertz CT molecular complexity index is 550. The van der Waals surface area contributed by atoms with Gasteiger partial charge in [-0.1, -0.05) is 32.9 Å². The summed E-state index contributed by atoms with van der Waals surface area (Å²) in [5.41, 5.74) is 0.801. The summed E-state index contributed by atoms with van der Waals surface area (Å²) in [7, 11) is 0. The van der Waals surface area contributed by atoms with E-state index in [1.807, 2.05) is 6.07 Å². The Kier molecular flexibility index (Phi) is 4.00. The van der Waals surface area contributed by atoms with E-state index in [-0.39, 0.29) is 11.2 Å². The normalized spacial score (nSPS) is 22.6. The molecule has 1 aliphatic heterocycles. The maximum Gasteiger partial charge on any atom is 0.407 e. The smallest absolute Gasteiger partial charge is 0.407 e. The van der Waals surface area contributed by atoms with E-state index in [0.717, 1.165) is 18.4 Å². The predicted octanol–water partition coefficient (Wildman–Crippen LogP) is 4.24. The third kappa shape index (κ3) is 2.76. The van der Waals surface area contributed by atoms with Gasteiger partial charge in [0.2, 0.25) is 0 Å². The number of halogens is 1. The van der Waals surface area contributed by atoms with Gasteiger partial charge in [0.05, 0.1) is 5.54 Å². The van der Waals surface area contributed by atoms with Gasteiger partial charge in [0.25, 0.3) is 0 Å². The number of rotatable bonds is 2. The first-order valence-electron chi connectivity index (χ1n) is 7.43. The molecule has 21 heavy (non-hydrogen) atoms. The Hall–Kier alpha value is -1.58. The van der Waals surface area contributed by atoms with Gasteiger partial charge in [-0.25, -0.2) is 9.18 Å². The maximum atomic E-state index is 13.8. The van der Waals surface area contributed by atoms with Crippen LogP contribution in [0.3, 0.4) is 0 Å². The van der Waals surface area contributed by atoms with Gasteiger partial charge >= 0.3 is 6.09 Å². The third-order valence-electron chi connectivity index (χ3n) is 4.85. The van der Waals surface area contributed by atoms with Crippen molar-refractivity contribution in [3.8, 4) is 0 Å². The van der Waals surface area contributed by atoms with E-state index in [0.29, 0.717) is 18.5 Å². The minimum absolute atomic E-state index is 0.205. The number of nitrogens with zero attached hydrogens (tertiary/aromatic N) is 1. The van der Waals surface area contributed by atoms with Crippen LogP contribution < -0.4 is 0 Å². The van der Waals surface area contributed by atoms with Crippen molar-refractivity contribution in [3.05, 3.63) is 35.1 Å². The SMILES string of the molecule is Cc1ccc(C[C@]2(C(C)(C)C)CCCN2C(=O)O)cc1F. The van der Waals surface area contributed by atoms with Gasteiger partial charge in [-0.05, 0) is 48.8 Å². The molecular weight excluding hydrogens is 269 g/mol. The van der Waals surface area contributed by atoms with Crippen LogP contribution in [0.1, 0.15) is 44.7 Å². The molecule has 1 saturated heterocycles. The second-order valence-corrected chi connectivity index (χ2v) is 7.08. The number of hydrogen-bond donors (Lipinski definition) is 1. The molecule has 0 spiro atoms. The van der Waals surface area contributed by atoms with E-state index in [9.17, 15) is 14.3 Å². The van der Waals surface area contributed by atoms with Crippen molar-refractivity contribution in [2.45, 2.75) is 52.5 Å². The number of carboxylic acid groups (broad SMARTS) is 1. The highest BCUT2D eigenvalue weighted by molar-refractivity contribution is 5.67. The minimum atomic E-state index is -0.880. The monoisotopic (exact) mass is 293 g/mol. The molecule has 0 bridgehead atoms. The van der Waals surface area contributed by atoms with Crippen molar-refractivity contribution in [1.29, 1.82) is 0 Å². The van der Waals surface area contributed by atoms with E-state index < -0.39 is 11.6 Å². The van der Waals surface area contributed by atoms with E-state index in [1.165, 1.54) is 0 Å². The summed E-state index contributed by atoms with van der Waals surface area (Å²) in [6.45, 7) is 8.50. The van der Waals surface area contributed by atoms with Gasteiger partial charge < -0.3 is 10.0 Å². The fourth-order valence-corrected chi connectivity index (χ4v) is 3.47. The molecule has 1 N–H and O–H groups in total. The zero-order valence-electron chi connectivity index (χ0n) is 13.2. The first-order valence-corrected chi connectivity index (χ1v) is 7.43. The lowest BCUT2D eigenvalue weighted by molar-refractivity contribution is 0.0307. The first-order chi connectivity index (χ1) is 9.67. The average molecular weight is 293 g/mol. The molecule has 1 atom stereocenters. The Morgan fingerprint density at radius 1 is 1.43 bits per heavy atom. The molecule has 0 aromatic heterocycles. The van der Waals surface area contributed by atoms with Crippen molar-refractivity contribution in [2.75, 3.05) is 6.54 Å². The van der Waals surface area contributed by atoms with E-state index in [1.54, 1.807) is 24.0 Å².